The number of benzene rings is 4. The lowest BCUT2D eigenvalue weighted by molar-refractivity contribution is 0.614. The third-order valence-electron chi connectivity index (χ3n) is 7.29. The molecule has 178 valence electrons. The Labute approximate surface area is 210 Å². The number of hydrogen-bond donors (Lipinski definition) is 0. The topological polar surface area (TPSA) is 6.48 Å². The fourth-order valence-electron chi connectivity index (χ4n) is 5.63. The second kappa shape index (κ2) is 10.00. The molecule has 1 heterocycles. The van der Waals surface area contributed by atoms with E-state index in [4.69, 9.17) is 0 Å². The molecule has 2 atom stereocenters. The van der Waals surface area contributed by atoms with Gasteiger partial charge in [0.05, 0.1) is 18.8 Å². The van der Waals surface area contributed by atoms with Crippen molar-refractivity contribution in [2.24, 2.45) is 0 Å². The maximum atomic E-state index is 2.64. The first-order valence-electron chi connectivity index (χ1n) is 12.9. The molecule has 2 nitrogen and oxygen atoms in total. The van der Waals surface area contributed by atoms with Gasteiger partial charge in [-0.3, -0.25) is 0 Å². The summed E-state index contributed by atoms with van der Waals surface area (Å²) in [5.74, 6) is 0.907. The van der Waals surface area contributed by atoms with E-state index in [2.05, 4.69) is 147 Å². The van der Waals surface area contributed by atoms with Gasteiger partial charge in [0.15, 0.2) is 0 Å². The summed E-state index contributed by atoms with van der Waals surface area (Å²) in [6.07, 6.45) is 0. The summed E-state index contributed by atoms with van der Waals surface area (Å²) in [7, 11) is 0. The van der Waals surface area contributed by atoms with Crippen molar-refractivity contribution in [1.82, 2.24) is 0 Å². The number of nitrogens with zero attached hydrogens (tertiary/aromatic N) is 2. The Morgan fingerprint density at radius 2 is 0.829 bits per heavy atom. The quantitative estimate of drug-likeness (QED) is 0.284. The zero-order chi connectivity index (χ0) is 24.4. The van der Waals surface area contributed by atoms with E-state index >= 15 is 0 Å². The second-order valence-electron chi connectivity index (χ2n) is 10.2. The van der Waals surface area contributed by atoms with Crippen molar-refractivity contribution in [3.8, 4) is 0 Å². The predicted molar refractivity (Wildman–Crippen MR) is 149 cm³/mol. The molecule has 1 saturated heterocycles. The van der Waals surface area contributed by atoms with Crippen LogP contribution >= 0.6 is 0 Å². The third-order valence-corrected chi connectivity index (χ3v) is 7.29. The number of para-hydroxylation sites is 2. The van der Waals surface area contributed by atoms with Crippen molar-refractivity contribution >= 4 is 11.4 Å². The van der Waals surface area contributed by atoms with E-state index in [1.807, 2.05) is 0 Å². The minimum Gasteiger partial charge on any atom is -0.344 e. The molecule has 0 bridgehead atoms. The van der Waals surface area contributed by atoms with Crippen LogP contribution in [-0.4, -0.2) is 6.67 Å². The molecular formula is C33H36N2. The van der Waals surface area contributed by atoms with E-state index < -0.39 is 0 Å². The molecule has 5 rings (SSSR count). The smallest absolute Gasteiger partial charge is 0.0917 e. The number of hydrogen-bond acceptors (Lipinski definition) is 2. The zero-order valence-corrected chi connectivity index (χ0v) is 21.3. The molecule has 35 heavy (non-hydrogen) atoms. The molecule has 0 aliphatic carbocycles. The Balaban J connectivity index is 1.75. The molecule has 1 aliphatic rings. The van der Waals surface area contributed by atoms with Crippen LogP contribution < -0.4 is 9.80 Å². The normalized spacial score (nSPS) is 18.0. The van der Waals surface area contributed by atoms with Crippen LogP contribution in [0.1, 0.15) is 73.9 Å². The van der Waals surface area contributed by atoms with E-state index in [1.54, 1.807) is 0 Å². The van der Waals surface area contributed by atoms with Crippen molar-refractivity contribution in [3.63, 3.8) is 0 Å². The lowest BCUT2D eigenvalue weighted by atomic mass is 9.91. The van der Waals surface area contributed by atoms with Crippen LogP contribution in [0.2, 0.25) is 0 Å². The molecule has 2 heteroatoms. The summed E-state index contributed by atoms with van der Waals surface area (Å²) in [6.45, 7) is 10.0. The highest BCUT2D eigenvalue weighted by molar-refractivity contribution is 5.66. The highest BCUT2D eigenvalue weighted by atomic mass is 15.4. The predicted octanol–water partition coefficient (Wildman–Crippen LogP) is 8.70. The molecule has 4 aromatic carbocycles. The Morgan fingerprint density at radius 3 is 1.20 bits per heavy atom. The van der Waals surface area contributed by atoms with Crippen molar-refractivity contribution in [3.05, 3.63) is 131 Å². The van der Waals surface area contributed by atoms with Crippen LogP contribution in [0.4, 0.5) is 11.4 Å². The Morgan fingerprint density at radius 1 is 0.486 bits per heavy atom. The molecule has 0 N–H and O–H groups in total. The average molecular weight is 461 g/mol. The molecule has 1 fully saturated rings. The molecular weight excluding hydrogens is 424 g/mol. The molecule has 0 radical (unpaired) electrons. The molecule has 2 unspecified atom stereocenters. The minimum atomic E-state index is 0.193. The molecule has 0 spiro atoms. The zero-order valence-electron chi connectivity index (χ0n) is 21.3. The molecule has 1 aliphatic heterocycles. The highest BCUT2D eigenvalue weighted by Gasteiger charge is 2.43. The summed E-state index contributed by atoms with van der Waals surface area (Å²) < 4.78 is 0. The molecule has 4 aromatic rings. The van der Waals surface area contributed by atoms with Crippen LogP contribution in [-0.2, 0) is 0 Å². The lowest BCUT2D eigenvalue weighted by Crippen LogP contribution is -2.28. The van der Waals surface area contributed by atoms with Crippen molar-refractivity contribution in [2.75, 3.05) is 16.5 Å². The van der Waals surface area contributed by atoms with Crippen molar-refractivity contribution in [2.45, 2.75) is 51.6 Å². The third kappa shape index (κ3) is 4.46. The maximum absolute atomic E-state index is 2.64. The minimum absolute atomic E-state index is 0.193. The SMILES string of the molecule is CC(C)c1ccccc1N1CN(c2ccccc2C(C)C)C(c2ccccc2)C1c1ccccc1. The first-order chi connectivity index (χ1) is 17.1. The van der Waals surface area contributed by atoms with Crippen LogP contribution in [0, 0.1) is 0 Å². The van der Waals surface area contributed by atoms with E-state index in [9.17, 15) is 0 Å². The van der Waals surface area contributed by atoms with Gasteiger partial charge in [0, 0.05) is 11.4 Å². The van der Waals surface area contributed by atoms with Crippen molar-refractivity contribution in [1.29, 1.82) is 0 Å². The van der Waals surface area contributed by atoms with Crippen LogP contribution in [0.15, 0.2) is 109 Å². The average Bonchev–Trinajstić information content (AvgIpc) is 3.30. The monoisotopic (exact) mass is 460 g/mol. The van der Waals surface area contributed by atoms with Crippen LogP contribution in [0.5, 0.6) is 0 Å². The summed E-state index contributed by atoms with van der Waals surface area (Å²) >= 11 is 0. The van der Waals surface area contributed by atoms with Gasteiger partial charge in [-0.15, -0.1) is 0 Å². The molecule has 0 amide bonds. The molecule has 0 aromatic heterocycles. The Bertz CT molecular complexity index is 1150. The highest BCUT2D eigenvalue weighted by Crippen LogP contribution is 2.50. The Hall–Kier alpha value is -3.52. The number of anilines is 2. The molecule has 0 saturated carbocycles. The lowest BCUT2D eigenvalue weighted by Gasteiger charge is -2.32. The van der Waals surface area contributed by atoms with E-state index in [1.165, 1.54) is 33.6 Å². The first kappa shape index (κ1) is 23.2. The van der Waals surface area contributed by atoms with Gasteiger partial charge >= 0.3 is 0 Å². The van der Waals surface area contributed by atoms with Gasteiger partial charge in [0.25, 0.3) is 0 Å². The van der Waals surface area contributed by atoms with Crippen LogP contribution in [0.25, 0.3) is 0 Å². The van der Waals surface area contributed by atoms with Crippen LogP contribution in [0.3, 0.4) is 0 Å². The summed E-state index contributed by atoms with van der Waals surface area (Å²) in [4.78, 5) is 5.28. The van der Waals surface area contributed by atoms with Crippen molar-refractivity contribution < 1.29 is 0 Å². The first-order valence-corrected chi connectivity index (χ1v) is 12.9. The largest absolute Gasteiger partial charge is 0.344 e. The van der Waals surface area contributed by atoms with E-state index in [0.29, 0.717) is 11.8 Å². The van der Waals surface area contributed by atoms with Gasteiger partial charge in [0.1, 0.15) is 0 Å². The van der Waals surface area contributed by atoms with Gasteiger partial charge in [0.2, 0.25) is 0 Å². The van der Waals surface area contributed by atoms with Gasteiger partial charge in [-0.2, -0.15) is 0 Å². The fourth-order valence-corrected chi connectivity index (χ4v) is 5.63. The summed E-state index contributed by atoms with van der Waals surface area (Å²) in [5.41, 5.74) is 8.18. The summed E-state index contributed by atoms with van der Waals surface area (Å²) in [6, 6.07) is 40.4. The summed E-state index contributed by atoms with van der Waals surface area (Å²) in [5, 5.41) is 0. The van der Waals surface area contributed by atoms with Gasteiger partial charge < -0.3 is 9.80 Å². The number of rotatable bonds is 6. The van der Waals surface area contributed by atoms with Gasteiger partial charge in [-0.05, 0) is 46.2 Å². The second-order valence-corrected chi connectivity index (χ2v) is 10.2. The van der Waals surface area contributed by atoms with E-state index in [-0.39, 0.29) is 12.1 Å². The van der Waals surface area contributed by atoms with Gasteiger partial charge in [-0.1, -0.05) is 125 Å². The Kier molecular flexibility index (Phi) is 6.63. The maximum Gasteiger partial charge on any atom is 0.0917 e. The fraction of sp³-hybridized carbons (Fsp3) is 0.273. The van der Waals surface area contributed by atoms with E-state index in [0.717, 1.165) is 6.67 Å². The standard InChI is InChI=1S/C33H36N2/c1-24(2)28-19-11-13-21-30(28)34-23-35(31-22-14-12-20-29(31)25(3)4)33(27-17-9-6-10-18-27)32(34)26-15-7-5-8-16-26/h5-22,24-25,32-33H,23H2,1-4H3. The van der Waals surface area contributed by atoms with Gasteiger partial charge in [-0.25, -0.2) is 0 Å².